The van der Waals surface area contributed by atoms with Crippen molar-refractivity contribution >= 4 is 11.3 Å². The van der Waals surface area contributed by atoms with Crippen LogP contribution in [-0.4, -0.2) is 34.4 Å². The number of nitrogens with zero attached hydrogens (tertiary/aromatic N) is 3. The summed E-state index contributed by atoms with van der Waals surface area (Å²) in [4.78, 5) is 4.41. The predicted molar refractivity (Wildman–Crippen MR) is 81.3 cm³/mol. The summed E-state index contributed by atoms with van der Waals surface area (Å²) in [5.41, 5.74) is 2.13. The largest absolute Gasteiger partial charge is 0.382 e. The maximum Gasteiger partial charge on any atom is 0.152 e. The van der Waals surface area contributed by atoms with Crippen LogP contribution in [-0.2, 0) is 10.2 Å². The van der Waals surface area contributed by atoms with Crippen LogP contribution in [0.25, 0.3) is 5.52 Å². The summed E-state index contributed by atoms with van der Waals surface area (Å²) in [7, 11) is 0. The van der Waals surface area contributed by atoms with Gasteiger partial charge in [0.1, 0.15) is 5.52 Å². The molecule has 5 heteroatoms. The molecule has 0 aliphatic carbocycles. The number of anilines is 1. The molecule has 2 heterocycles. The second-order valence-electron chi connectivity index (χ2n) is 5.86. The summed E-state index contributed by atoms with van der Waals surface area (Å²) in [6.07, 6.45) is 4.63. The Morgan fingerprint density at radius 2 is 2.15 bits per heavy atom. The predicted octanol–water partition coefficient (Wildman–Crippen LogP) is 2.87. The van der Waals surface area contributed by atoms with E-state index in [-0.39, 0.29) is 5.41 Å². The number of hydrogen-bond donors (Lipinski definition) is 1. The van der Waals surface area contributed by atoms with Crippen LogP contribution >= 0.6 is 0 Å². The van der Waals surface area contributed by atoms with E-state index in [1.165, 1.54) is 0 Å². The minimum Gasteiger partial charge on any atom is -0.382 e. The van der Waals surface area contributed by atoms with Crippen LogP contribution in [0.5, 0.6) is 0 Å². The molecule has 0 aliphatic rings. The Balaban J connectivity index is 2.11. The summed E-state index contributed by atoms with van der Waals surface area (Å²) in [5, 5.41) is 7.97. The lowest BCUT2D eigenvalue weighted by Crippen LogP contribution is -2.11. The molecule has 2 aromatic heterocycles. The van der Waals surface area contributed by atoms with Gasteiger partial charge in [-0.15, -0.1) is 0 Å². The van der Waals surface area contributed by atoms with Gasteiger partial charge in [-0.05, 0) is 19.4 Å². The van der Waals surface area contributed by atoms with Crippen molar-refractivity contribution in [1.82, 2.24) is 14.6 Å². The second kappa shape index (κ2) is 6.22. The zero-order valence-corrected chi connectivity index (χ0v) is 12.8. The van der Waals surface area contributed by atoms with E-state index in [9.17, 15) is 0 Å². The third-order valence-electron chi connectivity index (χ3n) is 3.12. The first-order chi connectivity index (χ1) is 9.52. The van der Waals surface area contributed by atoms with E-state index in [1.54, 1.807) is 6.20 Å². The summed E-state index contributed by atoms with van der Waals surface area (Å²) in [6, 6.07) is 2.11. The van der Waals surface area contributed by atoms with Gasteiger partial charge in [0.2, 0.25) is 0 Å². The van der Waals surface area contributed by atoms with Crippen LogP contribution in [0.15, 0.2) is 18.5 Å². The van der Waals surface area contributed by atoms with Crippen LogP contribution in [0.1, 0.15) is 39.8 Å². The fourth-order valence-corrected chi connectivity index (χ4v) is 1.95. The Hall–Kier alpha value is -1.62. The van der Waals surface area contributed by atoms with Crippen molar-refractivity contribution < 1.29 is 4.74 Å². The standard InChI is InChI=1S/C15H24N4O/c1-5-20-10-6-7-16-14-12-11-13(15(2,3)4)18-19(12)9-8-17-14/h8-9,11H,5-7,10H2,1-4H3,(H,16,17). The Bertz CT molecular complexity index is 556. The highest BCUT2D eigenvalue weighted by molar-refractivity contribution is 5.68. The van der Waals surface area contributed by atoms with Gasteiger partial charge >= 0.3 is 0 Å². The van der Waals surface area contributed by atoms with Gasteiger partial charge in [-0.1, -0.05) is 20.8 Å². The summed E-state index contributed by atoms with van der Waals surface area (Å²) >= 11 is 0. The SMILES string of the molecule is CCOCCCNc1nccn2nc(C(C)(C)C)cc12. The molecule has 0 amide bonds. The van der Waals surface area contributed by atoms with Gasteiger partial charge in [-0.25, -0.2) is 9.50 Å². The average Bonchev–Trinajstić information content (AvgIpc) is 2.83. The highest BCUT2D eigenvalue weighted by atomic mass is 16.5. The van der Waals surface area contributed by atoms with E-state index in [0.29, 0.717) is 0 Å². The van der Waals surface area contributed by atoms with E-state index in [4.69, 9.17) is 4.74 Å². The smallest absolute Gasteiger partial charge is 0.152 e. The number of ether oxygens (including phenoxy) is 1. The van der Waals surface area contributed by atoms with Gasteiger partial charge < -0.3 is 10.1 Å². The van der Waals surface area contributed by atoms with Crippen molar-refractivity contribution in [2.24, 2.45) is 0 Å². The monoisotopic (exact) mass is 276 g/mol. The van der Waals surface area contributed by atoms with E-state index in [2.05, 4.69) is 42.2 Å². The number of nitrogens with one attached hydrogen (secondary N) is 1. The van der Waals surface area contributed by atoms with Crippen molar-refractivity contribution in [2.75, 3.05) is 25.1 Å². The Morgan fingerprint density at radius 1 is 1.35 bits per heavy atom. The molecule has 110 valence electrons. The fraction of sp³-hybridized carbons (Fsp3) is 0.600. The minimum atomic E-state index is 0.0399. The molecule has 0 spiro atoms. The Labute approximate surface area is 120 Å². The molecule has 0 saturated carbocycles. The first kappa shape index (κ1) is 14.8. The molecule has 0 saturated heterocycles. The molecule has 0 aliphatic heterocycles. The van der Waals surface area contributed by atoms with E-state index < -0.39 is 0 Å². The van der Waals surface area contributed by atoms with Crippen LogP contribution in [0.3, 0.4) is 0 Å². The fourth-order valence-electron chi connectivity index (χ4n) is 1.95. The van der Waals surface area contributed by atoms with E-state index in [0.717, 1.165) is 43.2 Å². The minimum absolute atomic E-state index is 0.0399. The third kappa shape index (κ3) is 3.48. The van der Waals surface area contributed by atoms with Crippen LogP contribution in [0, 0.1) is 0 Å². The highest BCUT2D eigenvalue weighted by Crippen LogP contribution is 2.24. The molecule has 2 aromatic rings. The zero-order chi connectivity index (χ0) is 14.6. The van der Waals surface area contributed by atoms with Crippen molar-refractivity contribution in [2.45, 2.75) is 39.5 Å². The normalized spacial score (nSPS) is 12.0. The van der Waals surface area contributed by atoms with Gasteiger partial charge in [-0.3, -0.25) is 0 Å². The molecule has 0 unspecified atom stereocenters. The molecule has 0 atom stereocenters. The van der Waals surface area contributed by atoms with Gasteiger partial charge in [0, 0.05) is 37.6 Å². The number of fused-ring (bicyclic) bond motifs is 1. The number of rotatable bonds is 6. The topological polar surface area (TPSA) is 51.5 Å². The van der Waals surface area contributed by atoms with Crippen molar-refractivity contribution in [3.8, 4) is 0 Å². The first-order valence-corrected chi connectivity index (χ1v) is 7.19. The van der Waals surface area contributed by atoms with Crippen molar-refractivity contribution in [1.29, 1.82) is 0 Å². The average molecular weight is 276 g/mol. The summed E-state index contributed by atoms with van der Waals surface area (Å²) < 4.78 is 7.22. The number of aromatic nitrogens is 3. The maximum atomic E-state index is 5.33. The summed E-state index contributed by atoms with van der Waals surface area (Å²) in [5.74, 6) is 0.881. The van der Waals surface area contributed by atoms with Crippen LogP contribution in [0.4, 0.5) is 5.82 Å². The molecule has 0 aromatic carbocycles. The molecule has 2 rings (SSSR count). The van der Waals surface area contributed by atoms with Gasteiger partial charge in [-0.2, -0.15) is 5.10 Å². The molecule has 1 N–H and O–H groups in total. The van der Waals surface area contributed by atoms with Gasteiger partial charge in [0.25, 0.3) is 0 Å². The third-order valence-corrected chi connectivity index (χ3v) is 3.12. The highest BCUT2D eigenvalue weighted by Gasteiger charge is 2.18. The lowest BCUT2D eigenvalue weighted by atomic mass is 9.92. The molecule has 0 radical (unpaired) electrons. The molecular weight excluding hydrogens is 252 g/mol. The number of hydrogen-bond acceptors (Lipinski definition) is 4. The Morgan fingerprint density at radius 3 is 2.85 bits per heavy atom. The van der Waals surface area contributed by atoms with Gasteiger partial charge in [0.15, 0.2) is 5.82 Å². The second-order valence-corrected chi connectivity index (χ2v) is 5.86. The van der Waals surface area contributed by atoms with Gasteiger partial charge in [0.05, 0.1) is 5.69 Å². The lowest BCUT2D eigenvalue weighted by molar-refractivity contribution is 0.147. The van der Waals surface area contributed by atoms with Crippen LogP contribution < -0.4 is 5.32 Å². The quantitative estimate of drug-likeness (QED) is 0.824. The van der Waals surface area contributed by atoms with E-state index >= 15 is 0 Å². The lowest BCUT2D eigenvalue weighted by Gasteiger charge is -2.13. The first-order valence-electron chi connectivity index (χ1n) is 7.19. The maximum absolute atomic E-state index is 5.33. The van der Waals surface area contributed by atoms with Crippen LogP contribution in [0.2, 0.25) is 0 Å². The molecule has 0 fully saturated rings. The van der Waals surface area contributed by atoms with Crippen molar-refractivity contribution in [3.63, 3.8) is 0 Å². The zero-order valence-electron chi connectivity index (χ0n) is 12.8. The van der Waals surface area contributed by atoms with E-state index in [1.807, 2.05) is 17.6 Å². The Kier molecular flexibility index (Phi) is 4.60. The molecular formula is C15H24N4O. The molecule has 0 bridgehead atoms. The summed E-state index contributed by atoms with van der Waals surface area (Å²) in [6.45, 7) is 10.9. The molecule has 5 nitrogen and oxygen atoms in total. The van der Waals surface area contributed by atoms with Crippen molar-refractivity contribution in [3.05, 3.63) is 24.2 Å². The molecule has 20 heavy (non-hydrogen) atoms.